The Morgan fingerprint density at radius 2 is 2.14 bits per heavy atom. The van der Waals surface area contributed by atoms with E-state index in [0.717, 1.165) is 11.1 Å². The molecule has 22 heavy (non-hydrogen) atoms. The molecular weight excluding hydrogens is 280 g/mol. The molecule has 114 valence electrons. The first kappa shape index (κ1) is 14.3. The average Bonchev–Trinajstić information content (AvgIpc) is 2.76. The van der Waals surface area contributed by atoms with E-state index in [0.29, 0.717) is 24.5 Å². The number of carbonyl (C=O) groups excluding carboxylic acids is 2. The summed E-state index contributed by atoms with van der Waals surface area (Å²) in [4.78, 5) is 23.9. The fraction of sp³-hybridized carbons (Fsp3) is 0.312. The number of hydrogen-bond donors (Lipinski definition) is 2. The summed E-state index contributed by atoms with van der Waals surface area (Å²) in [5.74, 6) is 0.944. The molecule has 2 N–H and O–H groups in total. The van der Waals surface area contributed by atoms with Crippen molar-refractivity contribution in [3.05, 3.63) is 41.5 Å². The molecule has 2 aromatic rings. The molecule has 0 saturated heterocycles. The lowest BCUT2D eigenvalue weighted by Gasteiger charge is -2.19. The number of aryl methyl sites for hydroxylation is 1. The Morgan fingerprint density at radius 1 is 1.41 bits per heavy atom. The number of rotatable bonds is 3. The molecule has 6 nitrogen and oxygen atoms in total. The molecule has 1 aliphatic rings. The lowest BCUT2D eigenvalue weighted by Crippen LogP contribution is -2.28. The Hall–Kier alpha value is -2.63. The van der Waals surface area contributed by atoms with Gasteiger partial charge in [0.1, 0.15) is 5.82 Å². The Morgan fingerprint density at radius 3 is 2.86 bits per heavy atom. The van der Waals surface area contributed by atoms with E-state index in [4.69, 9.17) is 0 Å². The Bertz CT molecular complexity index is 721. The Balaban J connectivity index is 1.77. The quantitative estimate of drug-likeness (QED) is 0.906. The number of carbonyl (C=O) groups is 2. The zero-order valence-corrected chi connectivity index (χ0v) is 12.6. The van der Waals surface area contributed by atoms with Gasteiger partial charge in [-0.1, -0.05) is 37.3 Å². The van der Waals surface area contributed by atoms with Gasteiger partial charge in [0.05, 0.1) is 6.42 Å². The molecule has 0 bridgehead atoms. The van der Waals surface area contributed by atoms with E-state index in [1.807, 2.05) is 37.3 Å². The van der Waals surface area contributed by atoms with Crippen molar-refractivity contribution in [2.45, 2.75) is 19.8 Å². The standard InChI is InChI=1S/C16H18N4O2/c1-10-8-12-14(19-20(2)15(12)18-16(10)22)17-13(21)9-11-6-4-3-5-7-11/h3-7,10H,8-9H2,1-2H3,(H,18,22)(H,17,19,21)/t10-/m1/s1. The second kappa shape index (κ2) is 5.63. The molecule has 0 spiro atoms. The fourth-order valence-corrected chi connectivity index (χ4v) is 2.61. The molecular formula is C16H18N4O2. The van der Waals surface area contributed by atoms with Gasteiger partial charge in [0.15, 0.2) is 5.82 Å². The zero-order chi connectivity index (χ0) is 15.7. The van der Waals surface area contributed by atoms with Crippen LogP contribution in [-0.2, 0) is 29.5 Å². The average molecular weight is 298 g/mol. The van der Waals surface area contributed by atoms with Crippen molar-refractivity contribution in [2.24, 2.45) is 13.0 Å². The Kier molecular flexibility index (Phi) is 3.66. The molecule has 0 radical (unpaired) electrons. The maximum atomic E-state index is 12.2. The third-order valence-corrected chi connectivity index (χ3v) is 3.81. The minimum Gasteiger partial charge on any atom is -0.310 e. The lowest BCUT2D eigenvalue weighted by molar-refractivity contribution is -0.119. The first-order chi connectivity index (χ1) is 10.5. The topological polar surface area (TPSA) is 76.0 Å². The highest BCUT2D eigenvalue weighted by Gasteiger charge is 2.29. The van der Waals surface area contributed by atoms with Gasteiger partial charge in [-0.05, 0) is 12.0 Å². The van der Waals surface area contributed by atoms with Gasteiger partial charge in [-0.2, -0.15) is 5.10 Å². The molecule has 0 aliphatic carbocycles. The SMILES string of the molecule is C[C@@H]1Cc2c(NC(=O)Cc3ccccc3)nn(C)c2NC1=O. The van der Waals surface area contributed by atoms with E-state index in [9.17, 15) is 9.59 Å². The molecule has 3 rings (SSSR count). The van der Waals surface area contributed by atoms with Gasteiger partial charge in [-0.25, -0.2) is 0 Å². The first-order valence-electron chi connectivity index (χ1n) is 7.25. The van der Waals surface area contributed by atoms with Gasteiger partial charge in [-0.3, -0.25) is 14.3 Å². The van der Waals surface area contributed by atoms with Gasteiger partial charge in [0.2, 0.25) is 11.8 Å². The smallest absolute Gasteiger partial charge is 0.230 e. The maximum Gasteiger partial charge on any atom is 0.230 e. The Labute approximate surface area is 128 Å². The minimum absolute atomic E-state index is 0.0161. The summed E-state index contributed by atoms with van der Waals surface area (Å²) in [6.07, 6.45) is 0.879. The van der Waals surface area contributed by atoms with Crippen molar-refractivity contribution in [2.75, 3.05) is 10.6 Å². The van der Waals surface area contributed by atoms with Crippen LogP contribution in [0, 0.1) is 5.92 Å². The first-order valence-corrected chi connectivity index (χ1v) is 7.25. The number of nitrogens with one attached hydrogen (secondary N) is 2. The highest BCUT2D eigenvalue weighted by Crippen LogP contribution is 2.31. The largest absolute Gasteiger partial charge is 0.310 e. The molecule has 0 fully saturated rings. The van der Waals surface area contributed by atoms with Crippen molar-refractivity contribution >= 4 is 23.5 Å². The van der Waals surface area contributed by atoms with Gasteiger partial charge in [0.25, 0.3) is 0 Å². The predicted molar refractivity (Wildman–Crippen MR) is 83.5 cm³/mol. The summed E-state index contributed by atoms with van der Waals surface area (Å²) in [7, 11) is 1.75. The molecule has 0 saturated carbocycles. The maximum absolute atomic E-state index is 12.2. The third kappa shape index (κ3) is 2.72. The van der Waals surface area contributed by atoms with Gasteiger partial charge in [0, 0.05) is 18.5 Å². The van der Waals surface area contributed by atoms with Crippen LogP contribution in [0.25, 0.3) is 0 Å². The van der Waals surface area contributed by atoms with Crippen LogP contribution in [0.4, 0.5) is 11.6 Å². The van der Waals surface area contributed by atoms with Crippen LogP contribution in [0.5, 0.6) is 0 Å². The van der Waals surface area contributed by atoms with E-state index >= 15 is 0 Å². The number of nitrogens with zero attached hydrogens (tertiary/aromatic N) is 2. The fourth-order valence-electron chi connectivity index (χ4n) is 2.61. The molecule has 2 heterocycles. The molecule has 1 aromatic heterocycles. The highest BCUT2D eigenvalue weighted by molar-refractivity contribution is 5.98. The van der Waals surface area contributed by atoms with Crippen LogP contribution >= 0.6 is 0 Å². The number of anilines is 2. The second-order valence-electron chi connectivity index (χ2n) is 5.60. The number of benzene rings is 1. The molecule has 0 unspecified atom stereocenters. The highest BCUT2D eigenvalue weighted by atomic mass is 16.2. The van der Waals surface area contributed by atoms with Crippen molar-refractivity contribution < 1.29 is 9.59 Å². The van der Waals surface area contributed by atoms with E-state index in [1.165, 1.54) is 0 Å². The summed E-state index contributed by atoms with van der Waals surface area (Å²) in [5, 5.41) is 10.00. The van der Waals surface area contributed by atoms with Crippen molar-refractivity contribution in [3.8, 4) is 0 Å². The van der Waals surface area contributed by atoms with E-state index in [2.05, 4.69) is 15.7 Å². The van der Waals surface area contributed by atoms with Crippen LogP contribution in [0.15, 0.2) is 30.3 Å². The predicted octanol–water partition coefficient (Wildman–Crippen LogP) is 1.73. The zero-order valence-electron chi connectivity index (χ0n) is 12.6. The number of aromatic nitrogens is 2. The molecule has 1 aromatic carbocycles. The summed E-state index contributed by atoms with van der Waals surface area (Å²) < 4.78 is 1.59. The summed E-state index contributed by atoms with van der Waals surface area (Å²) >= 11 is 0. The molecule has 1 atom stereocenters. The van der Waals surface area contributed by atoms with Crippen LogP contribution in [-0.4, -0.2) is 21.6 Å². The molecule has 6 heteroatoms. The van der Waals surface area contributed by atoms with E-state index < -0.39 is 0 Å². The monoisotopic (exact) mass is 298 g/mol. The van der Waals surface area contributed by atoms with Gasteiger partial charge in [-0.15, -0.1) is 0 Å². The van der Waals surface area contributed by atoms with E-state index in [-0.39, 0.29) is 17.7 Å². The molecule has 2 amide bonds. The molecule has 1 aliphatic heterocycles. The third-order valence-electron chi connectivity index (χ3n) is 3.81. The van der Waals surface area contributed by atoms with Crippen molar-refractivity contribution in [1.29, 1.82) is 0 Å². The van der Waals surface area contributed by atoms with Crippen molar-refractivity contribution in [3.63, 3.8) is 0 Å². The number of amides is 2. The van der Waals surface area contributed by atoms with E-state index in [1.54, 1.807) is 11.7 Å². The number of fused-ring (bicyclic) bond motifs is 1. The lowest BCUT2D eigenvalue weighted by atomic mass is 9.98. The van der Waals surface area contributed by atoms with Crippen LogP contribution in [0.1, 0.15) is 18.1 Å². The summed E-state index contributed by atoms with van der Waals surface area (Å²) in [6, 6.07) is 9.55. The van der Waals surface area contributed by atoms with Gasteiger partial charge >= 0.3 is 0 Å². The van der Waals surface area contributed by atoms with Crippen LogP contribution in [0.3, 0.4) is 0 Å². The normalized spacial score (nSPS) is 16.8. The minimum atomic E-state index is -0.124. The summed E-state index contributed by atoms with van der Waals surface area (Å²) in [5.41, 5.74) is 1.84. The van der Waals surface area contributed by atoms with Crippen LogP contribution < -0.4 is 10.6 Å². The van der Waals surface area contributed by atoms with Crippen LogP contribution in [0.2, 0.25) is 0 Å². The number of hydrogen-bond acceptors (Lipinski definition) is 3. The van der Waals surface area contributed by atoms with Gasteiger partial charge < -0.3 is 10.6 Å². The second-order valence-corrected chi connectivity index (χ2v) is 5.60. The summed E-state index contributed by atoms with van der Waals surface area (Å²) in [6.45, 7) is 1.86. The van der Waals surface area contributed by atoms with Crippen molar-refractivity contribution in [1.82, 2.24) is 9.78 Å².